The minimum Gasteiger partial charge on any atom is -0.330 e. The molecular formula is C22H31ClFNS. The summed E-state index contributed by atoms with van der Waals surface area (Å²) < 4.78 is 13.0. The van der Waals surface area contributed by atoms with E-state index in [4.69, 9.17) is 5.73 Å². The quantitative estimate of drug-likeness (QED) is 0.405. The highest BCUT2D eigenvalue weighted by atomic mass is 35.5. The molecule has 0 bridgehead atoms. The van der Waals surface area contributed by atoms with E-state index < -0.39 is 0 Å². The van der Waals surface area contributed by atoms with Crippen LogP contribution in [0.2, 0.25) is 0 Å². The summed E-state index contributed by atoms with van der Waals surface area (Å²) in [4.78, 5) is 1.34. The predicted molar refractivity (Wildman–Crippen MR) is 115 cm³/mol. The van der Waals surface area contributed by atoms with Gasteiger partial charge in [-0.15, -0.1) is 24.2 Å². The van der Waals surface area contributed by atoms with Gasteiger partial charge in [0.15, 0.2) is 0 Å². The molecule has 1 atom stereocenters. The molecule has 2 N–H and O–H groups in total. The SMILES string of the molecule is CC(C)(C)c1ccc(SCCCCC(CN)c2ccc(F)cc2)cc1.Cl. The molecule has 0 amide bonds. The Kier molecular flexibility index (Phi) is 9.70. The first-order valence-electron chi connectivity index (χ1n) is 9.09. The van der Waals surface area contributed by atoms with E-state index in [2.05, 4.69) is 45.0 Å². The van der Waals surface area contributed by atoms with Crippen LogP contribution in [-0.2, 0) is 5.41 Å². The van der Waals surface area contributed by atoms with Crippen molar-refractivity contribution in [2.45, 2.75) is 56.3 Å². The van der Waals surface area contributed by atoms with E-state index in [0.717, 1.165) is 24.2 Å². The maximum atomic E-state index is 13.0. The molecule has 2 aromatic rings. The lowest BCUT2D eigenvalue weighted by atomic mass is 9.87. The van der Waals surface area contributed by atoms with Gasteiger partial charge in [-0.05, 0) is 71.9 Å². The van der Waals surface area contributed by atoms with Crippen LogP contribution >= 0.6 is 24.2 Å². The Morgan fingerprint density at radius 1 is 0.962 bits per heavy atom. The Morgan fingerprint density at radius 2 is 1.58 bits per heavy atom. The number of nitrogens with two attached hydrogens (primary N) is 1. The van der Waals surface area contributed by atoms with Gasteiger partial charge < -0.3 is 5.73 Å². The maximum Gasteiger partial charge on any atom is 0.123 e. The van der Waals surface area contributed by atoms with Crippen molar-refractivity contribution in [3.63, 3.8) is 0 Å². The fourth-order valence-corrected chi connectivity index (χ4v) is 3.80. The summed E-state index contributed by atoms with van der Waals surface area (Å²) in [5.41, 5.74) is 8.63. The van der Waals surface area contributed by atoms with Crippen molar-refractivity contribution in [1.82, 2.24) is 0 Å². The summed E-state index contributed by atoms with van der Waals surface area (Å²) >= 11 is 1.92. The summed E-state index contributed by atoms with van der Waals surface area (Å²) in [5.74, 6) is 1.26. The lowest BCUT2D eigenvalue weighted by molar-refractivity contribution is 0.588. The van der Waals surface area contributed by atoms with Gasteiger partial charge in [-0.3, -0.25) is 0 Å². The average Bonchev–Trinajstić information content (AvgIpc) is 2.59. The van der Waals surface area contributed by atoms with Gasteiger partial charge in [0.1, 0.15) is 5.82 Å². The molecule has 0 heterocycles. The molecule has 2 rings (SSSR count). The van der Waals surface area contributed by atoms with Gasteiger partial charge in [-0.1, -0.05) is 51.5 Å². The van der Waals surface area contributed by atoms with Crippen LogP contribution in [0.25, 0.3) is 0 Å². The summed E-state index contributed by atoms with van der Waals surface area (Å²) in [6.07, 6.45) is 3.38. The number of hydrogen-bond donors (Lipinski definition) is 1. The molecule has 2 aromatic carbocycles. The highest BCUT2D eigenvalue weighted by molar-refractivity contribution is 7.99. The van der Waals surface area contributed by atoms with Crippen molar-refractivity contribution in [2.24, 2.45) is 5.73 Å². The predicted octanol–water partition coefficient (Wildman–Crippen LogP) is 6.55. The van der Waals surface area contributed by atoms with Gasteiger partial charge in [-0.25, -0.2) is 4.39 Å². The molecule has 4 heteroatoms. The minimum absolute atomic E-state index is 0. The normalized spacial score (nSPS) is 12.5. The van der Waals surface area contributed by atoms with Crippen LogP contribution in [-0.4, -0.2) is 12.3 Å². The smallest absolute Gasteiger partial charge is 0.123 e. The number of hydrogen-bond acceptors (Lipinski definition) is 2. The fourth-order valence-electron chi connectivity index (χ4n) is 2.89. The molecule has 0 spiro atoms. The van der Waals surface area contributed by atoms with Gasteiger partial charge in [0, 0.05) is 4.90 Å². The van der Waals surface area contributed by atoms with Crippen LogP contribution < -0.4 is 5.73 Å². The zero-order chi connectivity index (χ0) is 18.3. The van der Waals surface area contributed by atoms with Crippen molar-refractivity contribution in [3.05, 3.63) is 65.5 Å². The molecule has 1 nitrogen and oxygen atoms in total. The molecule has 26 heavy (non-hydrogen) atoms. The van der Waals surface area contributed by atoms with Gasteiger partial charge >= 0.3 is 0 Å². The van der Waals surface area contributed by atoms with E-state index in [-0.39, 0.29) is 23.6 Å². The van der Waals surface area contributed by atoms with Crippen molar-refractivity contribution in [3.8, 4) is 0 Å². The molecular weight excluding hydrogens is 365 g/mol. The van der Waals surface area contributed by atoms with Crippen molar-refractivity contribution in [1.29, 1.82) is 0 Å². The van der Waals surface area contributed by atoms with E-state index in [1.54, 1.807) is 0 Å². The minimum atomic E-state index is -0.187. The second-order valence-corrected chi connectivity index (χ2v) is 8.77. The third-order valence-electron chi connectivity index (χ3n) is 4.56. The topological polar surface area (TPSA) is 26.0 Å². The molecule has 0 saturated carbocycles. The molecule has 0 aliphatic heterocycles. The van der Waals surface area contributed by atoms with Crippen LogP contribution in [0.1, 0.15) is 57.1 Å². The number of benzene rings is 2. The van der Waals surface area contributed by atoms with Crippen molar-refractivity contribution in [2.75, 3.05) is 12.3 Å². The number of thioether (sulfide) groups is 1. The van der Waals surface area contributed by atoms with Gasteiger partial charge in [0.2, 0.25) is 0 Å². The molecule has 0 aliphatic carbocycles. The Bertz CT molecular complexity index is 635. The van der Waals surface area contributed by atoms with Crippen LogP contribution in [0.3, 0.4) is 0 Å². The average molecular weight is 396 g/mol. The molecule has 0 fully saturated rings. The van der Waals surface area contributed by atoms with Crippen LogP contribution in [0.5, 0.6) is 0 Å². The van der Waals surface area contributed by atoms with Crippen LogP contribution in [0, 0.1) is 5.82 Å². The van der Waals surface area contributed by atoms with E-state index in [9.17, 15) is 4.39 Å². The molecule has 0 saturated heterocycles. The van der Waals surface area contributed by atoms with E-state index in [0.29, 0.717) is 12.5 Å². The summed E-state index contributed by atoms with van der Waals surface area (Å²) in [5, 5.41) is 0. The third-order valence-corrected chi connectivity index (χ3v) is 5.66. The maximum absolute atomic E-state index is 13.0. The largest absolute Gasteiger partial charge is 0.330 e. The second-order valence-electron chi connectivity index (χ2n) is 7.60. The molecule has 0 radical (unpaired) electrons. The highest BCUT2D eigenvalue weighted by Gasteiger charge is 2.13. The zero-order valence-electron chi connectivity index (χ0n) is 16.0. The first-order chi connectivity index (χ1) is 11.9. The number of unbranched alkanes of at least 4 members (excludes halogenated alkanes) is 1. The Balaban J connectivity index is 0.00000338. The lowest BCUT2D eigenvalue weighted by Crippen LogP contribution is -2.12. The lowest BCUT2D eigenvalue weighted by Gasteiger charge is -2.19. The van der Waals surface area contributed by atoms with Crippen molar-refractivity contribution >= 4 is 24.2 Å². The zero-order valence-corrected chi connectivity index (χ0v) is 17.6. The number of rotatable bonds is 8. The van der Waals surface area contributed by atoms with Gasteiger partial charge in [0.25, 0.3) is 0 Å². The molecule has 0 aliphatic rings. The van der Waals surface area contributed by atoms with Gasteiger partial charge in [-0.2, -0.15) is 0 Å². The standard InChI is InChI=1S/C22H30FNS.ClH/c1-22(2,3)19-9-13-21(14-10-19)25-15-5-4-6-18(16-24)17-7-11-20(23)12-8-17;/h7-14,18H,4-6,15-16,24H2,1-3H3;1H. The summed E-state index contributed by atoms with van der Waals surface area (Å²) in [6.45, 7) is 7.34. The van der Waals surface area contributed by atoms with E-state index in [1.165, 1.54) is 29.0 Å². The first-order valence-corrected chi connectivity index (χ1v) is 10.1. The first kappa shape index (κ1) is 23.0. The Labute approximate surface area is 168 Å². The monoisotopic (exact) mass is 395 g/mol. The second kappa shape index (κ2) is 11.0. The Hall–Kier alpha value is -1.03. The van der Waals surface area contributed by atoms with Crippen LogP contribution in [0.15, 0.2) is 53.4 Å². The summed E-state index contributed by atoms with van der Waals surface area (Å²) in [6, 6.07) is 15.7. The van der Waals surface area contributed by atoms with E-state index >= 15 is 0 Å². The Morgan fingerprint density at radius 3 is 2.12 bits per heavy atom. The van der Waals surface area contributed by atoms with Gasteiger partial charge in [0.05, 0.1) is 0 Å². The fraction of sp³-hybridized carbons (Fsp3) is 0.455. The van der Waals surface area contributed by atoms with Crippen LogP contribution in [0.4, 0.5) is 4.39 Å². The summed E-state index contributed by atoms with van der Waals surface area (Å²) in [7, 11) is 0. The molecule has 144 valence electrons. The molecule has 1 unspecified atom stereocenters. The molecule has 0 aromatic heterocycles. The number of halogens is 2. The van der Waals surface area contributed by atoms with Crippen molar-refractivity contribution < 1.29 is 4.39 Å². The highest BCUT2D eigenvalue weighted by Crippen LogP contribution is 2.27. The van der Waals surface area contributed by atoms with E-state index in [1.807, 2.05) is 23.9 Å². The third kappa shape index (κ3) is 7.30.